The quantitative estimate of drug-likeness (QED) is 0.790. The van der Waals surface area contributed by atoms with E-state index in [1.54, 1.807) is 30.9 Å². The molecule has 1 unspecified atom stereocenters. The first-order valence-electron chi connectivity index (χ1n) is 8.44. The summed E-state index contributed by atoms with van der Waals surface area (Å²) in [7, 11) is 0. The van der Waals surface area contributed by atoms with Crippen LogP contribution in [0.4, 0.5) is 5.00 Å². The lowest BCUT2D eigenvalue weighted by molar-refractivity contribution is -0.119. The molecule has 1 aliphatic rings. The van der Waals surface area contributed by atoms with E-state index in [0.717, 1.165) is 12.0 Å². The maximum atomic E-state index is 12.7. The van der Waals surface area contributed by atoms with Crippen LogP contribution in [-0.2, 0) is 9.53 Å². The van der Waals surface area contributed by atoms with Crippen LogP contribution in [0.25, 0.3) is 0 Å². The van der Waals surface area contributed by atoms with Crippen LogP contribution in [-0.4, -0.2) is 41.9 Å². The van der Waals surface area contributed by atoms with Gasteiger partial charge in [0.25, 0.3) is 5.91 Å². The third-order valence-electron chi connectivity index (χ3n) is 4.17. The molecule has 0 radical (unpaired) electrons. The van der Waals surface area contributed by atoms with Crippen molar-refractivity contribution in [3.63, 3.8) is 0 Å². The van der Waals surface area contributed by atoms with E-state index in [2.05, 4.69) is 5.32 Å². The first-order valence-corrected chi connectivity index (χ1v) is 10.1. The van der Waals surface area contributed by atoms with Crippen LogP contribution in [0.3, 0.4) is 0 Å². The molecule has 1 N–H and O–H groups in total. The molecule has 1 saturated heterocycles. The predicted octanol–water partition coefficient (Wildman–Crippen LogP) is 3.54. The Morgan fingerprint density at radius 1 is 1.38 bits per heavy atom. The van der Waals surface area contributed by atoms with Crippen LogP contribution in [0.5, 0.6) is 0 Å². The Morgan fingerprint density at radius 2 is 2.19 bits per heavy atom. The molecule has 8 heteroatoms. The highest BCUT2D eigenvalue weighted by molar-refractivity contribution is 7.18. The highest BCUT2D eigenvalue weighted by atomic mass is 32.1. The lowest BCUT2D eigenvalue weighted by Gasteiger charge is -2.23. The summed E-state index contributed by atoms with van der Waals surface area (Å²) in [6.07, 6.45) is 1.44. The van der Waals surface area contributed by atoms with Crippen molar-refractivity contribution in [3.8, 4) is 0 Å². The number of nitrogens with one attached hydrogen (secondary N) is 1. The summed E-state index contributed by atoms with van der Waals surface area (Å²) >= 11 is 2.57. The second kappa shape index (κ2) is 8.01. The maximum absolute atomic E-state index is 12.7. The Balaban J connectivity index is 1.70. The smallest absolute Gasteiger partial charge is 0.348 e. The molecule has 2 amide bonds. The zero-order valence-electron chi connectivity index (χ0n) is 14.6. The fraction of sp³-hybridized carbons (Fsp3) is 0.389. The molecule has 2 aromatic heterocycles. The number of carbonyl (C=O) groups excluding carboxylic acids is 3. The molecule has 0 bridgehead atoms. The SMILES string of the molecule is CCOC(=O)c1sc(NC(=O)C2CCCN2C(=O)c2cccs2)cc1C. The number of carbonyl (C=O) groups is 3. The fourth-order valence-corrected chi connectivity index (χ4v) is 4.62. The minimum absolute atomic E-state index is 0.104. The third kappa shape index (κ3) is 3.81. The molecule has 0 aliphatic carbocycles. The molecular formula is C18H20N2O4S2. The van der Waals surface area contributed by atoms with Crippen molar-refractivity contribution in [2.75, 3.05) is 18.5 Å². The topological polar surface area (TPSA) is 75.7 Å². The van der Waals surface area contributed by atoms with Gasteiger partial charge in [0.05, 0.1) is 16.5 Å². The molecule has 6 nitrogen and oxygen atoms in total. The number of likely N-dealkylation sites (tertiary alicyclic amines) is 1. The molecule has 2 aromatic rings. The highest BCUT2D eigenvalue weighted by Gasteiger charge is 2.35. The average Bonchev–Trinajstić information content (AvgIpc) is 3.35. The van der Waals surface area contributed by atoms with Crippen LogP contribution < -0.4 is 5.32 Å². The van der Waals surface area contributed by atoms with Crippen molar-refractivity contribution in [1.82, 2.24) is 4.90 Å². The Hall–Kier alpha value is -2.19. The number of ether oxygens (including phenoxy) is 1. The number of rotatable bonds is 5. The number of esters is 1. The lowest BCUT2D eigenvalue weighted by Crippen LogP contribution is -2.42. The van der Waals surface area contributed by atoms with Gasteiger partial charge in [0.15, 0.2) is 0 Å². The van der Waals surface area contributed by atoms with Gasteiger partial charge in [-0.05, 0) is 49.8 Å². The Morgan fingerprint density at radius 3 is 2.88 bits per heavy atom. The molecule has 1 fully saturated rings. The number of hydrogen-bond donors (Lipinski definition) is 1. The second-order valence-electron chi connectivity index (χ2n) is 5.97. The van der Waals surface area contributed by atoms with E-state index in [1.807, 2.05) is 11.4 Å². The summed E-state index contributed by atoms with van der Waals surface area (Å²) in [6, 6.07) is 4.87. The number of hydrogen-bond acceptors (Lipinski definition) is 6. The van der Waals surface area contributed by atoms with Gasteiger partial charge in [-0.25, -0.2) is 4.79 Å². The number of aryl methyl sites for hydroxylation is 1. The summed E-state index contributed by atoms with van der Waals surface area (Å²) in [5.41, 5.74) is 0.765. The standard InChI is InChI=1S/C18H20N2O4S2/c1-3-24-18(23)15-11(2)10-14(26-15)19-16(21)12-6-4-8-20(12)17(22)13-7-5-9-25-13/h5,7,9-10,12H,3-4,6,8H2,1-2H3,(H,19,21). The van der Waals surface area contributed by atoms with E-state index < -0.39 is 6.04 Å². The second-order valence-corrected chi connectivity index (χ2v) is 7.97. The van der Waals surface area contributed by atoms with Gasteiger partial charge < -0.3 is 15.0 Å². The Labute approximate surface area is 159 Å². The number of thiophene rings is 2. The third-order valence-corrected chi connectivity index (χ3v) is 6.16. The summed E-state index contributed by atoms with van der Waals surface area (Å²) in [6.45, 7) is 4.44. The summed E-state index contributed by atoms with van der Waals surface area (Å²) < 4.78 is 5.02. The van der Waals surface area contributed by atoms with E-state index in [4.69, 9.17) is 4.74 Å². The summed E-state index contributed by atoms with van der Waals surface area (Å²) in [5.74, 6) is -0.706. The zero-order valence-corrected chi connectivity index (χ0v) is 16.2. The number of nitrogens with zero attached hydrogens (tertiary/aromatic N) is 1. The lowest BCUT2D eigenvalue weighted by atomic mass is 10.2. The van der Waals surface area contributed by atoms with E-state index in [9.17, 15) is 14.4 Å². The zero-order chi connectivity index (χ0) is 18.7. The van der Waals surface area contributed by atoms with Gasteiger partial charge in [0.2, 0.25) is 5.91 Å². The van der Waals surface area contributed by atoms with Crippen LogP contribution >= 0.6 is 22.7 Å². The molecular weight excluding hydrogens is 372 g/mol. The summed E-state index contributed by atoms with van der Waals surface area (Å²) in [4.78, 5) is 40.0. The van der Waals surface area contributed by atoms with Crippen molar-refractivity contribution >= 4 is 45.5 Å². The highest BCUT2D eigenvalue weighted by Crippen LogP contribution is 2.29. The molecule has 3 rings (SSSR count). The number of amides is 2. The normalized spacial score (nSPS) is 16.5. The summed E-state index contributed by atoms with van der Waals surface area (Å²) in [5, 5.41) is 5.29. The van der Waals surface area contributed by atoms with Crippen LogP contribution in [0.2, 0.25) is 0 Å². The van der Waals surface area contributed by atoms with Crippen LogP contribution in [0, 0.1) is 6.92 Å². The fourth-order valence-electron chi connectivity index (χ4n) is 2.97. The molecule has 0 spiro atoms. The van der Waals surface area contributed by atoms with Gasteiger partial charge in [0.1, 0.15) is 10.9 Å². The van der Waals surface area contributed by atoms with Gasteiger partial charge in [-0.3, -0.25) is 9.59 Å². The minimum Gasteiger partial charge on any atom is -0.462 e. The maximum Gasteiger partial charge on any atom is 0.348 e. The molecule has 1 atom stereocenters. The van der Waals surface area contributed by atoms with Crippen molar-refractivity contribution < 1.29 is 19.1 Å². The Kier molecular flexibility index (Phi) is 5.73. The Bertz CT molecular complexity index is 813. The van der Waals surface area contributed by atoms with E-state index in [-0.39, 0.29) is 17.8 Å². The monoisotopic (exact) mass is 392 g/mol. The van der Waals surface area contributed by atoms with Gasteiger partial charge in [0, 0.05) is 6.54 Å². The van der Waals surface area contributed by atoms with Crippen molar-refractivity contribution in [2.45, 2.75) is 32.7 Å². The van der Waals surface area contributed by atoms with Crippen LogP contribution in [0.1, 0.15) is 44.7 Å². The van der Waals surface area contributed by atoms with E-state index in [1.165, 1.54) is 22.7 Å². The van der Waals surface area contributed by atoms with Crippen molar-refractivity contribution in [2.24, 2.45) is 0 Å². The molecule has 0 saturated carbocycles. The van der Waals surface area contributed by atoms with E-state index in [0.29, 0.717) is 34.3 Å². The first-order chi connectivity index (χ1) is 12.5. The van der Waals surface area contributed by atoms with Gasteiger partial charge in [-0.1, -0.05) is 6.07 Å². The molecule has 0 aromatic carbocycles. The largest absolute Gasteiger partial charge is 0.462 e. The average molecular weight is 393 g/mol. The predicted molar refractivity (Wildman–Crippen MR) is 102 cm³/mol. The molecule has 138 valence electrons. The van der Waals surface area contributed by atoms with Gasteiger partial charge >= 0.3 is 5.97 Å². The molecule has 3 heterocycles. The van der Waals surface area contributed by atoms with Gasteiger partial charge in [-0.2, -0.15) is 0 Å². The minimum atomic E-state index is -0.488. The number of anilines is 1. The molecule has 1 aliphatic heterocycles. The van der Waals surface area contributed by atoms with Gasteiger partial charge in [-0.15, -0.1) is 22.7 Å². The first kappa shape index (κ1) is 18.6. The van der Waals surface area contributed by atoms with Crippen molar-refractivity contribution in [3.05, 3.63) is 38.9 Å². The molecule has 26 heavy (non-hydrogen) atoms. The van der Waals surface area contributed by atoms with Crippen molar-refractivity contribution in [1.29, 1.82) is 0 Å². The van der Waals surface area contributed by atoms with Crippen LogP contribution in [0.15, 0.2) is 23.6 Å². The van der Waals surface area contributed by atoms with E-state index >= 15 is 0 Å².